The van der Waals surface area contributed by atoms with Gasteiger partial charge in [0.1, 0.15) is 6.61 Å². The van der Waals surface area contributed by atoms with Crippen molar-refractivity contribution in [3.63, 3.8) is 0 Å². The van der Waals surface area contributed by atoms with Gasteiger partial charge in [0.15, 0.2) is 0 Å². The van der Waals surface area contributed by atoms with Crippen LogP contribution in [-0.4, -0.2) is 30.3 Å². The standard InChI is InChI=1S/C24H19Cl2NO4/c25-21-10-9-14(11-22(21)26)19(23(28)29)12-27-24(30)31-13-20-17-7-3-1-5-15(17)16-6-2-4-8-18(16)20/h1-11,19-20H,12-13H2,(H,27,30)(H,28,29). The first-order chi connectivity index (χ1) is 15.0. The molecule has 1 aliphatic rings. The summed E-state index contributed by atoms with van der Waals surface area (Å²) in [4.78, 5) is 24.0. The normalized spacial score (nSPS) is 13.2. The Bertz CT molecular complexity index is 1100. The topological polar surface area (TPSA) is 75.6 Å². The number of benzene rings is 3. The van der Waals surface area contributed by atoms with Crippen LogP contribution in [0, 0.1) is 0 Å². The number of carbonyl (C=O) groups is 2. The van der Waals surface area contributed by atoms with Crippen molar-refractivity contribution in [3.8, 4) is 11.1 Å². The lowest BCUT2D eigenvalue weighted by atomic mass is 9.98. The molecule has 3 aromatic carbocycles. The lowest BCUT2D eigenvalue weighted by molar-refractivity contribution is -0.138. The van der Waals surface area contributed by atoms with E-state index in [0.717, 1.165) is 22.3 Å². The molecule has 7 heteroatoms. The maximum Gasteiger partial charge on any atom is 0.407 e. The Hall–Kier alpha value is -3.02. The van der Waals surface area contributed by atoms with Crippen molar-refractivity contribution in [2.45, 2.75) is 11.8 Å². The van der Waals surface area contributed by atoms with E-state index in [2.05, 4.69) is 17.4 Å². The van der Waals surface area contributed by atoms with Crippen LogP contribution in [0.25, 0.3) is 11.1 Å². The Kier molecular flexibility index (Phi) is 6.16. The van der Waals surface area contributed by atoms with Gasteiger partial charge in [-0.05, 0) is 39.9 Å². The predicted molar refractivity (Wildman–Crippen MR) is 120 cm³/mol. The number of nitrogens with one attached hydrogen (secondary N) is 1. The van der Waals surface area contributed by atoms with E-state index in [1.165, 1.54) is 12.1 Å². The minimum absolute atomic E-state index is 0.0662. The number of carbonyl (C=O) groups excluding carboxylic acids is 1. The Morgan fingerprint density at radius 3 is 2.13 bits per heavy atom. The van der Waals surface area contributed by atoms with Crippen LogP contribution >= 0.6 is 23.2 Å². The fourth-order valence-electron chi connectivity index (χ4n) is 3.91. The maximum absolute atomic E-state index is 12.3. The van der Waals surface area contributed by atoms with Crippen LogP contribution in [0.5, 0.6) is 0 Å². The fraction of sp³-hybridized carbons (Fsp3) is 0.167. The van der Waals surface area contributed by atoms with Crippen LogP contribution in [-0.2, 0) is 9.53 Å². The van der Waals surface area contributed by atoms with Crippen LogP contribution < -0.4 is 5.32 Å². The predicted octanol–water partition coefficient (Wildman–Crippen LogP) is 5.70. The molecule has 31 heavy (non-hydrogen) atoms. The van der Waals surface area contributed by atoms with Gasteiger partial charge in [0.05, 0.1) is 16.0 Å². The second-order valence-corrected chi connectivity index (χ2v) is 8.09. The highest BCUT2D eigenvalue weighted by Crippen LogP contribution is 2.44. The summed E-state index contributed by atoms with van der Waals surface area (Å²) in [7, 11) is 0. The van der Waals surface area contributed by atoms with Crippen molar-refractivity contribution >= 4 is 35.3 Å². The third-order valence-electron chi connectivity index (χ3n) is 5.44. The second-order valence-electron chi connectivity index (χ2n) is 7.27. The molecular formula is C24H19Cl2NO4. The molecule has 1 unspecified atom stereocenters. The summed E-state index contributed by atoms with van der Waals surface area (Å²) in [5.41, 5.74) is 4.93. The highest BCUT2D eigenvalue weighted by molar-refractivity contribution is 6.42. The van der Waals surface area contributed by atoms with Crippen LogP contribution in [0.15, 0.2) is 66.7 Å². The SMILES string of the molecule is O=C(NCC(C(=O)O)c1ccc(Cl)c(Cl)c1)OCC1c2ccccc2-c2ccccc21. The minimum Gasteiger partial charge on any atom is -0.481 e. The van der Waals surface area contributed by atoms with E-state index < -0.39 is 18.0 Å². The molecule has 3 aromatic rings. The lowest BCUT2D eigenvalue weighted by Crippen LogP contribution is -2.32. The first-order valence-corrected chi connectivity index (χ1v) is 10.5. The molecule has 158 valence electrons. The van der Waals surface area contributed by atoms with E-state index in [4.69, 9.17) is 27.9 Å². The number of carboxylic acid groups (broad SMARTS) is 1. The quantitative estimate of drug-likeness (QED) is 0.499. The summed E-state index contributed by atoms with van der Waals surface area (Å²) >= 11 is 11.9. The molecule has 4 rings (SSSR count). The third-order valence-corrected chi connectivity index (χ3v) is 6.18. The Labute approximate surface area is 189 Å². The Morgan fingerprint density at radius 1 is 0.935 bits per heavy atom. The second kappa shape index (κ2) is 9.00. The number of amides is 1. The Balaban J connectivity index is 1.41. The first-order valence-electron chi connectivity index (χ1n) is 9.72. The van der Waals surface area contributed by atoms with Gasteiger partial charge in [0, 0.05) is 12.5 Å². The van der Waals surface area contributed by atoms with Crippen molar-refractivity contribution in [1.82, 2.24) is 5.32 Å². The number of carboxylic acids is 1. The van der Waals surface area contributed by atoms with E-state index in [-0.39, 0.29) is 24.1 Å². The van der Waals surface area contributed by atoms with Gasteiger partial charge in [0.25, 0.3) is 0 Å². The minimum atomic E-state index is -1.09. The molecule has 2 N–H and O–H groups in total. The average Bonchev–Trinajstić information content (AvgIpc) is 3.08. The molecule has 1 amide bonds. The molecule has 0 aliphatic heterocycles. The average molecular weight is 456 g/mol. The van der Waals surface area contributed by atoms with Gasteiger partial charge in [-0.3, -0.25) is 4.79 Å². The highest BCUT2D eigenvalue weighted by Gasteiger charge is 2.29. The maximum atomic E-state index is 12.3. The molecule has 0 radical (unpaired) electrons. The summed E-state index contributed by atoms with van der Waals surface area (Å²) in [6.07, 6.45) is -0.673. The van der Waals surface area contributed by atoms with Gasteiger partial charge < -0.3 is 15.2 Å². The molecular weight excluding hydrogens is 437 g/mol. The summed E-state index contributed by atoms with van der Waals surface area (Å²) < 4.78 is 5.46. The molecule has 1 atom stereocenters. The largest absolute Gasteiger partial charge is 0.481 e. The zero-order valence-electron chi connectivity index (χ0n) is 16.3. The molecule has 0 spiro atoms. The lowest BCUT2D eigenvalue weighted by Gasteiger charge is -2.17. The van der Waals surface area contributed by atoms with Crippen LogP contribution in [0.3, 0.4) is 0 Å². The van der Waals surface area contributed by atoms with Gasteiger partial charge >= 0.3 is 12.1 Å². The number of ether oxygens (including phenoxy) is 1. The number of hydrogen-bond donors (Lipinski definition) is 2. The van der Waals surface area contributed by atoms with E-state index in [1.807, 2.05) is 36.4 Å². The van der Waals surface area contributed by atoms with Gasteiger partial charge in [-0.1, -0.05) is 77.8 Å². The molecule has 0 heterocycles. The molecule has 1 aliphatic carbocycles. The smallest absolute Gasteiger partial charge is 0.407 e. The number of alkyl carbamates (subject to hydrolysis) is 1. The van der Waals surface area contributed by atoms with Crippen LogP contribution in [0.4, 0.5) is 4.79 Å². The molecule has 5 nitrogen and oxygen atoms in total. The van der Waals surface area contributed by atoms with E-state index >= 15 is 0 Å². The van der Waals surface area contributed by atoms with Crippen molar-refractivity contribution in [2.75, 3.05) is 13.2 Å². The molecule has 0 bridgehead atoms. The van der Waals surface area contributed by atoms with Gasteiger partial charge in [0.2, 0.25) is 0 Å². The molecule has 0 saturated carbocycles. The van der Waals surface area contributed by atoms with Crippen molar-refractivity contribution in [3.05, 3.63) is 93.5 Å². The summed E-state index contributed by atoms with van der Waals surface area (Å²) in [5, 5.41) is 12.7. The molecule has 0 fully saturated rings. The van der Waals surface area contributed by atoms with Crippen molar-refractivity contribution in [2.24, 2.45) is 0 Å². The van der Waals surface area contributed by atoms with E-state index in [0.29, 0.717) is 10.6 Å². The summed E-state index contributed by atoms with van der Waals surface area (Å²) in [6.45, 7) is 0.0222. The van der Waals surface area contributed by atoms with Crippen molar-refractivity contribution < 1.29 is 19.4 Å². The molecule has 0 saturated heterocycles. The molecule has 0 aromatic heterocycles. The summed E-state index contributed by atoms with van der Waals surface area (Å²) in [6, 6.07) is 20.7. The zero-order chi connectivity index (χ0) is 22.0. The van der Waals surface area contributed by atoms with Crippen LogP contribution in [0.2, 0.25) is 10.0 Å². The van der Waals surface area contributed by atoms with Crippen molar-refractivity contribution in [1.29, 1.82) is 0 Å². The number of fused-ring (bicyclic) bond motifs is 3. The number of aliphatic carboxylic acids is 1. The first kappa shape index (κ1) is 21.2. The number of rotatable bonds is 6. The third kappa shape index (κ3) is 4.38. The van der Waals surface area contributed by atoms with Gasteiger partial charge in [-0.15, -0.1) is 0 Å². The zero-order valence-corrected chi connectivity index (χ0v) is 17.9. The number of halogens is 2. The van der Waals surface area contributed by atoms with Gasteiger partial charge in [-0.25, -0.2) is 4.79 Å². The van der Waals surface area contributed by atoms with E-state index in [9.17, 15) is 14.7 Å². The highest BCUT2D eigenvalue weighted by atomic mass is 35.5. The summed E-state index contributed by atoms with van der Waals surface area (Å²) in [5.74, 6) is -2.13. The Morgan fingerprint density at radius 2 is 1.55 bits per heavy atom. The number of hydrogen-bond acceptors (Lipinski definition) is 3. The van der Waals surface area contributed by atoms with Gasteiger partial charge in [-0.2, -0.15) is 0 Å². The monoisotopic (exact) mass is 455 g/mol. The fourth-order valence-corrected chi connectivity index (χ4v) is 4.22. The van der Waals surface area contributed by atoms with Crippen LogP contribution in [0.1, 0.15) is 28.5 Å². The van der Waals surface area contributed by atoms with E-state index in [1.54, 1.807) is 6.07 Å².